The normalized spacial score (nSPS) is 19.5. The van der Waals surface area contributed by atoms with E-state index in [4.69, 9.17) is 0 Å². The molecule has 9 heteroatoms. The Kier molecular flexibility index (Phi) is 4.82. The summed E-state index contributed by atoms with van der Waals surface area (Å²) in [6.45, 7) is 1.07. The first kappa shape index (κ1) is 19.5. The summed E-state index contributed by atoms with van der Waals surface area (Å²) in [4.78, 5) is 15.0. The van der Waals surface area contributed by atoms with Crippen molar-refractivity contribution in [1.82, 2.24) is 14.7 Å². The van der Waals surface area contributed by atoms with Crippen molar-refractivity contribution in [3.8, 4) is 5.69 Å². The van der Waals surface area contributed by atoms with Gasteiger partial charge in [-0.3, -0.25) is 4.79 Å². The first-order valence-corrected chi connectivity index (χ1v) is 11.6. The molecule has 1 unspecified atom stereocenters. The van der Waals surface area contributed by atoms with Gasteiger partial charge < -0.3 is 10.2 Å². The minimum absolute atomic E-state index is 0.127. The van der Waals surface area contributed by atoms with Crippen molar-refractivity contribution in [2.75, 3.05) is 18.4 Å². The zero-order valence-corrected chi connectivity index (χ0v) is 17.5. The molecule has 1 amide bonds. The van der Waals surface area contributed by atoms with Gasteiger partial charge in [0.2, 0.25) is 5.91 Å². The zero-order chi connectivity index (χ0) is 21.4. The Bertz CT molecular complexity index is 1270. The summed E-state index contributed by atoms with van der Waals surface area (Å²) in [5.74, 6) is 0.505. The van der Waals surface area contributed by atoms with Crippen LogP contribution in [0, 0.1) is 5.92 Å². The van der Waals surface area contributed by atoms with Gasteiger partial charge in [-0.05, 0) is 37.1 Å². The SMILES string of the molecule is O=C(Nc1ccn(-c2ccccc2)n1)C1CCCN(C2=NS(=O)(=O)c3ccccc32)C1. The molecule has 2 aliphatic rings. The number of benzene rings is 2. The van der Waals surface area contributed by atoms with Crippen molar-refractivity contribution in [2.24, 2.45) is 10.3 Å². The van der Waals surface area contributed by atoms with Crippen molar-refractivity contribution in [1.29, 1.82) is 0 Å². The number of fused-ring (bicyclic) bond motifs is 1. The fourth-order valence-corrected chi connectivity index (χ4v) is 5.27. The number of nitrogens with one attached hydrogen (secondary N) is 1. The minimum Gasteiger partial charge on any atom is -0.355 e. The van der Waals surface area contributed by atoms with E-state index in [9.17, 15) is 13.2 Å². The van der Waals surface area contributed by atoms with Gasteiger partial charge in [-0.2, -0.15) is 13.5 Å². The second-order valence-electron chi connectivity index (χ2n) is 7.64. The van der Waals surface area contributed by atoms with Gasteiger partial charge >= 0.3 is 0 Å². The molecule has 3 heterocycles. The summed E-state index contributed by atoms with van der Waals surface area (Å²) in [6, 6.07) is 18.2. The van der Waals surface area contributed by atoms with Crippen molar-refractivity contribution in [2.45, 2.75) is 17.7 Å². The molecule has 0 saturated carbocycles. The van der Waals surface area contributed by atoms with Crippen molar-refractivity contribution in [3.05, 3.63) is 72.4 Å². The molecule has 1 fully saturated rings. The first-order chi connectivity index (χ1) is 15.0. The fraction of sp³-hybridized carbons (Fsp3) is 0.227. The van der Waals surface area contributed by atoms with E-state index in [-0.39, 0.29) is 16.7 Å². The van der Waals surface area contributed by atoms with Gasteiger partial charge in [0.1, 0.15) is 4.90 Å². The van der Waals surface area contributed by atoms with Crippen LogP contribution in [0.5, 0.6) is 0 Å². The number of likely N-dealkylation sites (tertiary alicyclic amines) is 1. The van der Waals surface area contributed by atoms with Crippen LogP contribution < -0.4 is 5.32 Å². The zero-order valence-electron chi connectivity index (χ0n) is 16.7. The van der Waals surface area contributed by atoms with E-state index in [0.29, 0.717) is 30.3 Å². The lowest BCUT2D eigenvalue weighted by molar-refractivity contribution is -0.121. The molecule has 0 radical (unpaired) electrons. The predicted molar refractivity (Wildman–Crippen MR) is 117 cm³/mol. The molecule has 1 aromatic heterocycles. The standard InChI is InChI=1S/C22H21N5O3S/c28-22(23-20-12-14-27(24-20)17-8-2-1-3-9-17)16-7-6-13-26(15-16)21-18-10-4-5-11-19(18)31(29,30)25-21/h1-5,8-12,14,16H,6-7,13,15H2,(H,23,24,28). The molecule has 0 aliphatic carbocycles. The highest BCUT2D eigenvalue weighted by molar-refractivity contribution is 7.90. The van der Waals surface area contributed by atoms with Gasteiger partial charge in [0.25, 0.3) is 10.0 Å². The molecule has 3 aromatic rings. The molecular weight excluding hydrogens is 414 g/mol. The largest absolute Gasteiger partial charge is 0.355 e. The molecule has 8 nitrogen and oxygen atoms in total. The highest BCUT2D eigenvalue weighted by atomic mass is 32.2. The van der Waals surface area contributed by atoms with E-state index in [1.165, 1.54) is 0 Å². The molecular formula is C22H21N5O3S. The summed E-state index contributed by atoms with van der Waals surface area (Å²) < 4.78 is 30.5. The van der Waals surface area contributed by atoms with E-state index in [0.717, 1.165) is 18.5 Å². The lowest BCUT2D eigenvalue weighted by Gasteiger charge is -2.33. The number of rotatable bonds is 3. The van der Waals surface area contributed by atoms with E-state index < -0.39 is 10.0 Å². The monoisotopic (exact) mass is 435 g/mol. The Labute approximate surface area is 180 Å². The smallest absolute Gasteiger partial charge is 0.285 e. The highest BCUT2D eigenvalue weighted by Gasteiger charge is 2.35. The molecule has 0 bridgehead atoms. The maximum absolute atomic E-state index is 12.9. The number of hydrogen-bond donors (Lipinski definition) is 1. The molecule has 5 rings (SSSR count). The number of carbonyl (C=O) groups is 1. The van der Waals surface area contributed by atoms with Gasteiger partial charge in [-0.25, -0.2) is 4.68 Å². The van der Waals surface area contributed by atoms with E-state index in [1.54, 1.807) is 41.2 Å². The van der Waals surface area contributed by atoms with Crippen LogP contribution in [0.2, 0.25) is 0 Å². The number of sulfonamides is 1. The Hall–Kier alpha value is -3.46. The molecule has 1 N–H and O–H groups in total. The maximum atomic E-state index is 12.9. The summed E-state index contributed by atoms with van der Waals surface area (Å²) in [5.41, 5.74) is 1.51. The molecule has 2 aliphatic heterocycles. The van der Waals surface area contributed by atoms with Crippen molar-refractivity contribution in [3.63, 3.8) is 0 Å². The summed E-state index contributed by atoms with van der Waals surface area (Å²) in [7, 11) is -3.68. The number of hydrogen-bond acceptors (Lipinski definition) is 5. The fourth-order valence-electron chi connectivity index (χ4n) is 4.04. The second kappa shape index (κ2) is 7.66. The Morgan fingerprint density at radius 3 is 2.65 bits per heavy atom. The quantitative estimate of drug-likeness (QED) is 0.682. The predicted octanol–water partition coefficient (Wildman–Crippen LogP) is 2.67. The summed E-state index contributed by atoms with van der Waals surface area (Å²) in [5, 5.41) is 7.32. The third-order valence-corrected chi connectivity index (χ3v) is 6.89. The lowest BCUT2D eigenvalue weighted by Crippen LogP contribution is -2.43. The first-order valence-electron chi connectivity index (χ1n) is 10.1. The lowest BCUT2D eigenvalue weighted by atomic mass is 9.96. The number of anilines is 1. The average Bonchev–Trinajstić information content (AvgIpc) is 3.37. The third-order valence-electron chi connectivity index (χ3n) is 5.57. The molecule has 2 aromatic carbocycles. The van der Waals surface area contributed by atoms with Gasteiger partial charge in [0, 0.05) is 30.9 Å². The molecule has 158 valence electrons. The Balaban J connectivity index is 1.30. The molecule has 1 saturated heterocycles. The number of para-hydroxylation sites is 1. The van der Waals surface area contributed by atoms with Gasteiger partial charge in [0.05, 0.1) is 11.6 Å². The van der Waals surface area contributed by atoms with Crippen LogP contribution in [0.25, 0.3) is 5.69 Å². The molecule has 1 atom stereocenters. The van der Waals surface area contributed by atoms with Crippen LogP contribution in [0.3, 0.4) is 0 Å². The van der Waals surface area contributed by atoms with Crippen LogP contribution in [0.4, 0.5) is 5.82 Å². The van der Waals surface area contributed by atoms with Crippen molar-refractivity contribution < 1.29 is 13.2 Å². The molecule has 0 spiro atoms. The minimum atomic E-state index is -3.68. The van der Waals surface area contributed by atoms with Crippen LogP contribution in [-0.4, -0.2) is 47.9 Å². The van der Waals surface area contributed by atoms with E-state index in [2.05, 4.69) is 14.8 Å². The number of amidine groups is 1. The number of aromatic nitrogens is 2. The number of piperidine rings is 1. The van der Waals surface area contributed by atoms with Crippen LogP contribution >= 0.6 is 0 Å². The number of nitrogens with zero attached hydrogens (tertiary/aromatic N) is 4. The van der Waals surface area contributed by atoms with Gasteiger partial charge in [-0.1, -0.05) is 30.3 Å². The summed E-state index contributed by atoms with van der Waals surface area (Å²) in [6.07, 6.45) is 3.30. The second-order valence-corrected chi connectivity index (χ2v) is 9.21. The Morgan fingerprint density at radius 2 is 1.81 bits per heavy atom. The molecule has 31 heavy (non-hydrogen) atoms. The highest BCUT2D eigenvalue weighted by Crippen LogP contribution is 2.30. The maximum Gasteiger partial charge on any atom is 0.285 e. The third kappa shape index (κ3) is 3.72. The van der Waals surface area contributed by atoms with Crippen molar-refractivity contribution >= 4 is 27.6 Å². The van der Waals surface area contributed by atoms with E-state index >= 15 is 0 Å². The summed E-state index contributed by atoms with van der Waals surface area (Å²) >= 11 is 0. The number of amides is 1. The van der Waals surface area contributed by atoms with Gasteiger partial charge in [0.15, 0.2) is 11.7 Å². The number of carbonyl (C=O) groups excluding carboxylic acids is 1. The van der Waals surface area contributed by atoms with E-state index in [1.807, 2.05) is 35.2 Å². The Morgan fingerprint density at radius 1 is 1.03 bits per heavy atom. The van der Waals surface area contributed by atoms with Crippen LogP contribution in [-0.2, 0) is 14.8 Å². The topological polar surface area (TPSA) is 96.7 Å². The van der Waals surface area contributed by atoms with Crippen LogP contribution in [0.1, 0.15) is 18.4 Å². The van der Waals surface area contributed by atoms with Gasteiger partial charge in [-0.15, -0.1) is 4.40 Å². The average molecular weight is 436 g/mol. The van der Waals surface area contributed by atoms with Crippen LogP contribution in [0.15, 0.2) is 76.2 Å².